The number of hydrogen-bond acceptors (Lipinski definition) is 7. The first-order valence-corrected chi connectivity index (χ1v) is 8.70. The van der Waals surface area contributed by atoms with Gasteiger partial charge < -0.3 is 14.5 Å². The standard InChI is InChI=1S/C17H22N6O2/c24-16(23-9-11-25-12-10-23)13-21-5-7-22(8-6-21)15-2-1-14-17(20-15)19-4-3-18-14/h1-4H,5-13H2. The van der Waals surface area contributed by atoms with Crippen molar-refractivity contribution in [3.63, 3.8) is 0 Å². The van der Waals surface area contributed by atoms with Crippen LogP contribution < -0.4 is 4.90 Å². The normalized spacial score (nSPS) is 19.4. The van der Waals surface area contributed by atoms with Gasteiger partial charge in [0.2, 0.25) is 5.91 Å². The van der Waals surface area contributed by atoms with E-state index in [-0.39, 0.29) is 5.91 Å². The summed E-state index contributed by atoms with van der Waals surface area (Å²) in [6.45, 7) is 6.63. The summed E-state index contributed by atoms with van der Waals surface area (Å²) >= 11 is 0. The zero-order chi connectivity index (χ0) is 17.1. The van der Waals surface area contributed by atoms with Gasteiger partial charge in [0.05, 0.1) is 19.8 Å². The molecule has 4 rings (SSSR count). The Morgan fingerprint density at radius 2 is 1.76 bits per heavy atom. The third-order valence-electron chi connectivity index (χ3n) is 4.74. The monoisotopic (exact) mass is 342 g/mol. The lowest BCUT2D eigenvalue weighted by Crippen LogP contribution is -2.51. The van der Waals surface area contributed by atoms with Gasteiger partial charge in [-0.2, -0.15) is 0 Å². The van der Waals surface area contributed by atoms with Crippen molar-refractivity contribution in [1.29, 1.82) is 0 Å². The minimum atomic E-state index is 0.204. The van der Waals surface area contributed by atoms with Gasteiger partial charge in [-0.05, 0) is 12.1 Å². The maximum absolute atomic E-state index is 12.4. The Kier molecular flexibility index (Phi) is 4.71. The number of piperazine rings is 1. The minimum absolute atomic E-state index is 0.204. The van der Waals surface area contributed by atoms with Crippen molar-refractivity contribution >= 4 is 22.9 Å². The fourth-order valence-corrected chi connectivity index (χ4v) is 3.26. The molecule has 132 valence electrons. The van der Waals surface area contributed by atoms with Gasteiger partial charge in [0, 0.05) is 51.7 Å². The Morgan fingerprint density at radius 1 is 1.00 bits per heavy atom. The number of anilines is 1. The fourth-order valence-electron chi connectivity index (χ4n) is 3.26. The van der Waals surface area contributed by atoms with Gasteiger partial charge in [0.15, 0.2) is 5.65 Å². The highest BCUT2D eigenvalue weighted by atomic mass is 16.5. The molecular weight excluding hydrogens is 320 g/mol. The van der Waals surface area contributed by atoms with Crippen molar-refractivity contribution in [3.8, 4) is 0 Å². The topological polar surface area (TPSA) is 74.7 Å². The van der Waals surface area contributed by atoms with Gasteiger partial charge in [-0.25, -0.2) is 9.97 Å². The Hall–Kier alpha value is -2.32. The number of rotatable bonds is 3. The van der Waals surface area contributed by atoms with E-state index in [4.69, 9.17) is 4.74 Å². The average molecular weight is 342 g/mol. The number of carbonyl (C=O) groups is 1. The molecule has 2 aliphatic rings. The number of fused-ring (bicyclic) bond motifs is 1. The maximum atomic E-state index is 12.4. The fraction of sp³-hybridized carbons (Fsp3) is 0.529. The van der Waals surface area contributed by atoms with Gasteiger partial charge in [-0.1, -0.05) is 0 Å². The van der Waals surface area contributed by atoms with Crippen LogP contribution in [0, 0.1) is 0 Å². The van der Waals surface area contributed by atoms with Crippen molar-refractivity contribution in [2.75, 3.05) is 63.9 Å². The van der Waals surface area contributed by atoms with E-state index in [2.05, 4.69) is 24.8 Å². The molecule has 0 radical (unpaired) electrons. The van der Waals surface area contributed by atoms with Crippen LogP contribution in [0.5, 0.6) is 0 Å². The molecule has 2 fully saturated rings. The number of nitrogens with zero attached hydrogens (tertiary/aromatic N) is 6. The second-order valence-electron chi connectivity index (χ2n) is 6.32. The van der Waals surface area contributed by atoms with Crippen LogP contribution in [0.25, 0.3) is 11.2 Å². The summed E-state index contributed by atoms with van der Waals surface area (Å²) in [6.07, 6.45) is 3.34. The van der Waals surface area contributed by atoms with E-state index < -0.39 is 0 Å². The summed E-state index contributed by atoms with van der Waals surface area (Å²) in [7, 11) is 0. The smallest absolute Gasteiger partial charge is 0.236 e. The molecule has 2 aliphatic heterocycles. The van der Waals surface area contributed by atoms with E-state index in [1.807, 2.05) is 17.0 Å². The summed E-state index contributed by atoms with van der Waals surface area (Å²) in [4.78, 5) is 31.8. The first-order valence-electron chi connectivity index (χ1n) is 8.70. The van der Waals surface area contributed by atoms with E-state index in [0.29, 0.717) is 38.5 Å². The lowest BCUT2D eigenvalue weighted by Gasteiger charge is -2.36. The van der Waals surface area contributed by atoms with Crippen LogP contribution in [0.1, 0.15) is 0 Å². The van der Waals surface area contributed by atoms with E-state index >= 15 is 0 Å². The Balaban J connectivity index is 1.33. The van der Waals surface area contributed by atoms with Gasteiger partial charge >= 0.3 is 0 Å². The molecule has 0 aliphatic carbocycles. The van der Waals surface area contributed by atoms with E-state index in [1.165, 1.54) is 0 Å². The molecule has 2 aromatic heterocycles. The number of ether oxygens (including phenoxy) is 1. The summed E-state index contributed by atoms with van der Waals surface area (Å²) in [5.41, 5.74) is 1.48. The molecule has 0 atom stereocenters. The van der Waals surface area contributed by atoms with Crippen LogP contribution in [0.4, 0.5) is 5.82 Å². The highest BCUT2D eigenvalue weighted by molar-refractivity contribution is 5.78. The molecule has 8 nitrogen and oxygen atoms in total. The van der Waals surface area contributed by atoms with Crippen LogP contribution in [0.3, 0.4) is 0 Å². The number of hydrogen-bond donors (Lipinski definition) is 0. The lowest BCUT2D eigenvalue weighted by atomic mass is 10.3. The summed E-state index contributed by atoms with van der Waals surface area (Å²) < 4.78 is 5.30. The lowest BCUT2D eigenvalue weighted by molar-refractivity contribution is -0.136. The van der Waals surface area contributed by atoms with Gasteiger partial charge in [0.1, 0.15) is 11.3 Å². The maximum Gasteiger partial charge on any atom is 0.236 e. The Morgan fingerprint density at radius 3 is 2.56 bits per heavy atom. The highest BCUT2D eigenvalue weighted by Gasteiger charge is 2.23. The molecule has 0 N–H and O–H groups in total. The predicted molar refractivity (Wildman–Crippen MR) is 93.4 cm³/mol. The Bertz CT molecular complexity index is 741. The first kappa shape index (κ1) is 16.2. The zero-order valence-electron chi connectivity index (χ0n) is 14.2. The third kappa shape index (κ3) is 3.69. The van der Waals surface area contributed by atoms with E-state index in [0.717, 1.165) is 37.5 Å². The van der Waals surface area contributed by atoms with Crippen LogP contribution in [0.15, 0.2) is 24.5 Å². The Labute approximate surface area is 146 Å². The first-order chi connectivity index (χ1) is 12.3. The number of carbonyl (C=O) groups excluding carboxylic acids is 1. The highest BCUT2D eigenvalue weighted by Crippen LogP contribution is 2.17. The second kappa shape index (κ2) is 7.28. The number of amides is 1. The molecule has 0 bridgehead atoms. The van der Waals surface area contributed by atoms with Crippen LogP contribution >= 0.6 is 0 Å². The quantitative estimate of drug-likeness (QED) is 0.777. The number of morpholine rings is 1. The van der Waals surface area contributed by atoms with Gasteiger partial charge in [-0.15, -0.1) is 0 Å². The molecule has 0 unspecified atom stereocenters. The molecule has 2 aromatic rings. The molecule has 1 amide bonds. The van der Waals surface area contributed by atoms with Gasteiger partial charge in [0.25, 0.3) is 0 Å². The van der Waals surface area contributed by atoms with Crippen molar-refractivity contribution < 1.29 is 9.53 Å². The summed E-state index contributed by atoms with van der Waals surface area (Å²) in [5.74, 6) is 1.13. The van der Waals surface area contributed by atoms with Crippen molar-refractivity contribution in [1.82, 2.24) is 24.8 Å². The van der Waals surface area contributed by atoms with Crippen LogP contribution in [0.2, 0.25) is 0 Å². The van der Waals surface area contributed by atoms with Crippen molar-refractivity contribution in [2.45, 2.75) is 0 Å². The van der Waals surface area contributed by atoms with E-state index in [9.17, 15) is 4.79 Å². The van der Waals surface area contributed by atoms with Crippen molar-refractivity contribution in [3.05, 3.63) is 24.5 Å². The molecular formula is C17H22N6O2. The molecule has 25 heavy (non-hydrogen) atoms. The second-order valence-corrected chi connectivity index (χ2v) is 6.32. The third-order valence-corrected chi connectivity index (χ3v) is 4.74. The minimum Gasteiger partial charge on any atom is -0.378 e. The van der Waals surface area contributed by atoms with Crippen LogP contribution in [-0.2, 0) is 9.53 Å². The predicted octanol–water partition coefficient (Wildman–Crippen LogP) is 0.00560. The average Bonchev–Trinajstić information content (AvgIpc) is 2.69. The van der Waals surface area contributed by atoms with Crippen LogP contribution in [-0.4, -0.2) is 89.7 Å². The molecule has 8 heteroatoms. The molecule has 0 saturated carbocycles. The SMILES string of the molecule is O=C(CN1CCN(c2ccc3nccnc3n2)CC1)N1CCOCC1. The molecule has 2 saturated heterocycles. The molecule has 4 heterocycles. The molecule has 0 spiro atoms. The number of pyridine rings is 1. The molecule has 0 aromatic carbocycles. The zero-order valence-corrected chi connectivity index (χ0v) is 14.2. The number of aromatic nitrogens is 3. The van der Waals surface area contributed by atoms with Gasteiger partial charge in [-0.3, -0.25) is 14.7 Å². The van der Waals surface area contributed by atoms with Crippen molar-refractivity contribution in [2.24, 2.45) is 0 Å². The van der Waals surface area contributed by atoms with E-state index in [1.54, 1.807) is 12.4 Å². The largest absolute Gasteiger partial charge is 0.378 e. The summed E-state index contributed by atoms with van der Waals surface area (Å²) in [5, 5.41) is 0. The summed E-state index contributed by atoms with van der Waals surface area (Å²) in [6, 6.07) is 3.95.